The van der Waals surface area contributed by atoms with Gasteiger partial charge in [-0.05, 0) is 37.3 Å². The van der Waals surface area contributed by atoms with Gasteiger partial charge >= 0.3 is 0 Å². The largest absolute Gasteiger partial charge is 0.481 e. The molecule has 0 aliphatic carbocycles. The molecule has 1 N–H and O–H groups in total. The van der Waals surface area contributed by atoms with Gasteiger partial charge in [-0.25, -0.2) is 0 Å². The van der Waals surface area contributed by atoms with E-state index in [9.17, 15) is 9.59 Å². The minimum atomic E-state index is -0.580. The first-order chi connectivity index (χ1) is 13.9. The van der Waals surface area contributed by atoms with Crippen molar-refractivity contribution in [1.29, 1.82) is 0 Å². The molecule has 2 rings (SSSR count). The van der Waals surface area contributed by atoms with E-state index in [1.807, 2.05) is 24.3 Å². The lowest BCUT2D eigenvalue weighted by Gasteiger charge is -2.33. The second kappa shape index (κ2) is 11.8. The van der Waals surface area contributed by atoms with E-state index >= 15 is 0 Å². The molecule has 1 fully saturated rings. The summed E-state index contributed by atoms with van der Waals surface area (Å²) in [4.78, 5) is 26.5. The minimum absolute atomic E-state index is 0.0205. The molecule has 1 aromatic carbocycles. The first-order valence-electron chi connectivity index (χ1n) is 10.3. The summed E-state index contributed by atoms with van der Waals surface area (Å²) in [6, 6.07) is 7.86. The highest BCUT2D eigenvalue weighted by Crippen LogP contribution is 2.26. The molecule has 7 heteroatoms. The van der Waals surface area contributed by atoms with Crippen LogP contribution < -0.4 is 10.1 Å². The fourth-order valence-electron chi connectivity index (χ4n) is 3.29. The standard InChI is InChI=1S/C22H34N2O5/c1-16(2)19-7-5-6-8-20(19)29-17(3)22(26)23-18-9-11-24(12-10-18)21(25)15-28-14-13-27-4/h5-8,16-18H,9-15H2,1-4H3,(H,23,26). The zero-order valence-electron chi connectivity index (χ0n) is 18.0. The highest BCUT2D eigenvalue weighted by Gasteiger charge is 2.26. The molecule has 7 nitrogen and oxygen atoms in total. The molecule has 0 spiro atoms. The Labute approximate surface area is 173 Å². The number of methoxy groups -OCH3 is 1. The van der Waals surface area contributed by atoms with E-state index in [0.29, 0.717) is 32.2 Å². The monoisotopic (exact) mass is 406 g/mol. The smallest absolute Gasteiger partial charge is 0.260 e. The Hall–Kier alpha value is -2.12. The lowest BCUT2D eigenvalue weighted by Crippen LogP contribution is -2.49. The van der Waals surface area contributed by atoms with Crippen LogP contribution in [0, 0.1) is 0 Å². The third kappa shape index (κ3) is 7.33. The maximum absolute atomic E-state index is 12.6. The second-order valence-corrected chi connectivity index (χ2v) is 7.66. The van der Waals surface area contributed by atoms with Gasteiger partial charge in [0.25, 0.3) is 5.91 Å². The highest BCUT2D eigenvalue weighted by molar-refractivity contribution is 5.81. The van der Waals surface area contributed by atoms with Crippen LogP contribution in [0.5, 0.6) is 5.75 Å². The fourth-order valence-corrected chi connectivity index (χ4v) is 3.29. The van der Waals surface area contributed by atoms with Crippen molar-refractivity contribution < 1.29 is 23.8 Å². The van der Waals surface area contributed by atoms with Gasteiger partial charge in [0.1, 0.15) is 12.4 Å². The number of benzene rings is 1. The Balaban J connectivity index is 1.76. The van der Waals surface area contributed by atoms with Crippen molar-refractivity contribution in [2.45, 2.75) is 51.7 Å². The van der Waals surface area contributed by atoms with Crippen LogP contribution in [-0.4, -0.2) is 68.9 Å². The molecule has 1 aliphatic rings. The maximum Gasteiger partial charge on any atom is 0.260 e. The van der Waals surface area contributed by atoms with Crippen molar-refractivity contribution in [3.05, 3.63) is 29.8 Å². The van der Waals surface area contributed by atoms with E-state index in [4.69, 9.17) is 14.2 Å². The number of para-hydroxylation sites is 1. The molecule has 1 aliphatic heterocycles. The van der Waals surface area contributed by atoms with Crippen molar-refractivity contribution in [3.8, 4) is 5.75 Å². The molecule has 0 aromatic heterocycles. The lowest BCUT2D eigenvalue weighted by molar-refractivity contribution is -0.137. The number of hydrogen-bond donors (Lipinski definition) is 1. The molecule has 1 atom stereocenters. The van der Waals surface area contributed by atoms with Gasteiger partial charge in [-0.3, -0.25) is 9.59 Å². The molecule has 1 heterocycles. The zero-order chi connectivity index (χ0) is 21.2. The molecule has 2 amide bonds. The number of ether oxygens (including phenoxy) is 3. The van der Waals surface area contributed by atoms with Gasteiger partial charge in [-0.2, -0.15) is 0 Å². The molecule has 0 saturated carbocycles. The molecule has 29 heavy (non-hydrogen) atoms. The molecule has 1 unspecified atom stereocenters. The van der Waals surface area contributed by atoms with Crippen LogP contribution >= 0.6 is 0 Å². The average molecular weight is 407 g/mol. The van der Waals surface area contributed by atoms with Gasteiger partial charge in [0, 0.05) is 26.2 Å². The fraction of sp³-hybridized carbons (Fsp3) is 0.636. The van der Waals surface area contributed by atoms with E-state index in [0.717, 1.165) is 24.2 Å². The zero-order valence-corrected chi connectivity index (χ0v) is 18.0. The predicted molar refractivity (Wildman–Crippen MR) is 111 cm³/mol. The van der Waals surface area contributed by atoms with E-state index < -0.39 is 6.10 Å². The second-order valence-electron chi connectivity index (χ2n) is 7.66. The van der Waals surface area contributed by atoms with Crippen molar-refractivity contribution in [2.75, 3.05) is 40.0 Å². The van der Waals surface area contributed by atoms with Gasteiger partial charge in [0.2, 0.25) is 5.91 Å². The third-order valence-electron chi connectivity index (χ3n) is 5.07. The highest BCUT2D eigenvalue weighted by atomic mass is 16.5. The first-order valence-corrected chi connectivity index (χ1v) is 10.3. The Morgan fingerprint density at radius 3 is 2.48 bits per heavy atom. The molecule has 162 valence electrons. The van der Waals surface area contributed by atoms with Crippen molar-refractivity contribution in [3.63, 3.8) is 0 Å². The van der Waals surface area contributed by atoms with Crippen molar-refractivity contribution >= 4 is 11.8 Å². The van der Waals surface area contributed by atoms with Gasteiger partial charge in [0.15, 0.2) is 6.10 Å². The number of carbonyl (C=O) groups is 2. The van der Waals surface area contributed by atoms with Gasteiger partial charge in [-0.1, -0.05) is 32.0 Å². The summed E-state index contributed by atoms with van der Waals surface area (Å²) in [5.74, 6) is 0.921. The number of amides is 2. The normalized spacial score (nSPS) is 16.0. The van der Waals surface area contributed by atoms with E-state index in [-0.39, 0.29) is 24.5 Å². The number of rotatable bonds is 10. The van der Waals surface area contributed by atoms with Gasteiger partial charge in [0.05, 0.1) is 13.2 Å². The van der Waals surface area contributed by atoms with Crippen LogP contribution in [0.25, 0.3) is 0 Å². The lowest BCUT2D eigenvalue weighted by atomic mass is 10.0. The number of piperidine rings is 1. The Kier molecular flexibility index (Phi) is 9.41. The molecule has 0 radical (unpaired) electrons. The molecular weight excluding hydrogens is 372 g/mol. The molecule has 1 saturated heterocycles. The summed E-state index contributed by atoms with van der Waals surface area (Å²) < 4.78 is 16.1. The number of nitrogens with one attached hydrogen (secondary N) is 1. The van der Waals surface area contributed by atoms with Gasteiger partial charge in [-0.15, -0.1) is 0 Å². The summed E-state index contributed by atoms with van der Waals surface area (Å²) in [5, 5.41) is 3.06. The summed E-state index contributed by atoms with van der Waals surface area (Å²) in [6.45, 7) is 8.15. The summed E-state index contributed by atoms with van der Waals surface area (Å²) in [5.41, 5.74) is 1.09. The number of hydrogen-bond acceptors (Lipinski definition) is 5. The number of likely N-dealkylation sites (tertiary alicyclic amines) is 1. The molecular formula is C22H34N2O5. The van der Waals surface area contributed by atoms with Gasteiger partial charge < -0.3 is 24.4 Å². The predicted octanol–water partition coefficient (Wildman–Crippen LogP) is 2.35. The van der Waals surface area contributed by atoms with Crippen molar-refractivity contribution in [1.82, 2.24) is 10.2 Å². The molecule has 0 bridgehead atoms. The summed E-state index contributed by atoms with van der Waals surface area (Å²) in [7, 11) is 1.60. The van der Waals surface area contributed by atoms with Crippen LogP contribution in [0.1, 0.15) is 45.1 Å². The number of carbonyl (C=O) groups excluding carboxylic acids is 2. The van der Waals surface area contributed by atoms with E-state index in [1.165, 1.54) is 0 Å². The molecule has 1 aromatic rings. The number of nitrogens with zero attached hydrogens (tertiary/aromatic N) is 1. The summed E-state index contributed by atoms with van der Waals surface area (Å²) in [6.07, 6.45) is 0.874. The van der Waals surface area contributed by atoms with Crippen molar-refractivity contribution in [2.24, 2.45) is 0 Å². The van der Waals surface area contributed by atoms with Crippen LogP contribution in [0.15, 0.2) is 24.3 Å². The topological polar surface area (TPSA) is 77.1 Å². The Bertz CT molecular complexity index is 656. The van der Waals surface area contributed by atoms with Crippen LogP contribution in [0.3, 0.4) is 0 Å². The SMILES string of the molecule is COCCOCC(=O)N1CCC(NC(=O)C(C)Oc2ccccc2C(C)C)CC1. The average Bonchev–Trinajstić information content (AvgIpc) is 2.71. The minimum Gasteiger partial charge on any atom is -0.481 e. The van der Waals surface area contributed by atoms with Crippen LogP contribution in [-0.2, 0) is 19.1 Å². The first kappa shape index (κ1) is 23.2. The third-order valence-corrected chi connectivity index (χ3v) is 5.07. The van der Waals surface area contributed by atoms with Crippen LogP contribution in [0.4, 0.5) is 0 Å². The van der Waals surface area contributed by atoms with E-state index in [1.54, 1.807) is 18.9 Å². The summed E-state index contributed by atoms with van der Waals surface area (Å²) >= 11 is 0. The Morgan fingerprint density at radius 1 is 1.14 bits per heavy atom. The van der Waals surface area contributed by atoms with E-state index in [2.05, 4.69) is 19.2 Å². The van der Waals surface area contributed by atoms with Crippen LogP contribution in [0.2, 0.25) is 0 Å². The maximum atomic E-state index is 12.6. The quantitative estimate of drug-likeness (QED) is 0.604. The Morgan fingerprint density at radius 2 is 1.83 bits per heavy atom.